The molecule has 80 valence electrons. The quantitative estimate of drug-likeness (QED) is 0.493. The molecule has 0 aromatic carbocycles. The Balaban J connectivity index is 2.56. The van der Waals surface area contributed by atoms with Crippen LogP contribution in [0.15, 0.2) is 24.3 Å². The summed E-state index contributed by atoms with van der Waals surface area (Å²) in [5.74, 6) is 0. The van der Waals surface area contributed by atoms with E-state index in [9.17, 15) is 0 Å². The lowest BCUT2D eigenvalue weighted by Crippen LogP contribution is -2.55. The van der Waals surface area contributed by atoms with Crippen LogP contribution in [0.4, 0.5) is 0 Å². The van der Waals surface area contributed by atoms with Crippen LogP contribution >= 0.6 is 0 Å². The van der Waals surface area contributed by atoms with E-state index in [1.165, 1.54) is 0 Å². The van der Waals surface area contributed by atoms with E-state index in [0.717, 1.165) is 43.9 Å². The van der Waals surface area contributed by atoms with Gasteiger partial charge in [-0.05, 0) is 26.0 Å². The highest BCUT2D eigenvalue weighted by molar-refractivity contribution is 4.81. The van der Waals surface area contributed by atoms with Gasteiger partial charge in [-0.15, -0.1) is 0 Å². The highest BCUT2D eigenvalue weighted by Gasteiger charge is 2.27. The second-order valence-corrected chi connectivity index (χ2v) is 3.90. The van der Waals surface area contributed by atoms with Gasteiger partial charge in [0.2, 0.25) is 0 Å². The van der Waals surface area contributed by atoms with E-state index in [1.54, 1.807) is 0 Å². The van der Waals surface area contributed by atoms with Crippen LogP contribution in [0.3, 0.4) is 0 Å². The summed E-state index contributed by atoms with van der Waals surface area (Å²) < 4.78 is 6.58. The van der Waals surface area contributed by atoms with Crippen molar-refractivity contribution < 1.29 is 9.22 Å². The van der Waals surface area contributed by atoms with Gasteiger partial charge in [0.05, 0.1) is 26.3 Å². The summed E-state index contributed by atoms with van der Waals surface area (Å²) in [5, 5.41) is 0. The molecular formula is C12H22NO+. The highest BCUT2D eigenvalue weighted by Crippen LogP contribution is 2.11. The van der Waals surface area contributed by atoms with Crippen LogP contribution in [0, 0.1) is 0 Å². The smallest absolute Gasteiger partial charge is 0.103 e. The Bertz CT molecular complexity index is 186. The van der Waals surface area contributed by atoms with Crippen LogP contribution in [0.2, 0.25) is 0 Å². The van der Waals surface area contributed by atoms with Crippen molar-refractivity contribution in [2.24, 2.45) is 0 Å². The molecule has 1 rings (SSSR count). The lowest BCUT2D eigenvalue weighted by atomic mass is 10.2. The average molecular weight is 196 g/mol. The van der Waals surface area contributed by atoms with Crippen LogP contribution in [0.1, 0.15) is 13.8 Å². The molecule has 0 radical (unpaired) electrons. The number of nitrogens with zero attached hydrogens (tertiary/aromatic N) is 1. The van der Waals surface area contributed by atoms with Gasteiger partial charge in [-0.1, -0.05) is 12.2 Å². The lowest BCUT2D eigenvalue weighted by Gasteiger charge is -2.39. The zero-order chi connectivity index (χ0) is 10.3. The Kier molecular flexibility index (Phi) is 4.91. The zero-order valence-electron chi connectivity index (χ0n) is 9.41. The van der Waals surface area contributed by atoms with Crippen LogP contribution in [0.25, 0.3) is 0 Å². The summed E-state index contributed by atoms with van der Waals surface area (Å²) in [4.78, 5) is 0. The van der Waals surface area contributed by atoms with Crippen LogP contribution in [0.5, 0.6) is 0 Å². The average Bonchev–Trinajstić information content (AvgIpc) is 2.25. The van der Waals surface area contributed by atoms with Crippen LogP contribution in [-0.2, 0) is 4.74 Å². The van der Waals surface area contributed by atoms with Gasteiger partial charge in [0.15, 0.2) is 0 Å². The van der Waals surface area contributed by atoms with Gasteiger partial charge in [0.1, 0.15) is 13.1 Å². The SMILES string of the molecule is CC=CC[N+]1(CC=CC)CCOCC1. The topological polar surface area (TPSA) is 9.23 Å². The van der Waals surface area contributed by atoms with Crippen molar-refractivity contribution in [1.82, 2.24) is 0 Å². The van der Waals surface area contributed by atoms with E-state index < -0.39 is 0 Å². The Morgan fingerprint density at radius 3 is 1.93 bits per heavy atom. The summed E-state index contributed by atoms with van der Waals surface area (Å²) in [6.45, 7) is 10.6. The predicted molar refractivity (Wildman–Crippen MR) is 60.2 cm³/mol. The van der Waals surface area contributed by atoms with Gasteiger partial charge >= 0.3 is 0 Å². The second kappa shape index (κ2) is 5.99. The number of rotatable bonds is 4. The third kappa shape index (κ3) is 3.28. The molecule has 0 amide bonds. The maximum atomic E-state index is 5.42. The highest BCUT2D eigenvalue weighted by atomic mass is 16.5. The lowest BCUT2D eigenvalue weighted by molar-refractivity contribution is -0.924. The molecule has 1 aliphatic rings. The second-order valence-electron chi connectivity index (χ2n) is 3.90. The van der Waals surface area contributed by atoms with Crippen molar-refractivity contribution in [2.75, 3.05) is 39.4 Å². The maximum Gasteiger partial charge on any atom is 0.103 e. The number of ether oxygens (including phenoxy) is 1. The fraction of sp³-hybridized carbons (Fsp3) is 0.667. The van der Waals surface area contributed by atoms with Crippen LogP contribution in [-0.4, -0.2) is 43.9 Å². The third-order valence-corrected chi connectivity index (χ3v) is 2.88. The molecule has 0 aliphatic carbocycles. The number of allylic oxidation sites excluding steroid dienone is 2. The van der Waals surface area contributed by atoms with Gasteiger partial charge in [0.25, 0.3) is 0 Å². The maximum absolute atomic E-state index is 5.42. The van der Waals surface area contributed by atoms with Crippen molar-refractivity contribution in [3.63, 3.8) is 0 Å². The summed E-state index contributed by atoms with van der Waals surface area (Å²) in [6, 6.07) is 0. The van der Waals surface area contributed by atoms with Crippen molar-refractivity contribution in [1.29, 1.82) is 0 Å². The summed E-state index contributed by atoms with van der Waals surface area (Å²) >= 11 is 0. The molecule has 0 atom stereocenters. The molecule has 0 aromatic heterocycles. The summed E-state index contributed by atoms with van der Waals surface area (Å²) in [7, 11) is 0. The molecule has 0 saturated carbocycles. The molecular weight excluding hydrogens is 174 g/mol. The molecule has 2 heteroatoms. The monoisotopic (exact) mass is 196 g/mol. The molecule has 1 saturated heterocycles. The Morgan fingerprint density at radius 1 is 1.00 bits per heavy atom. The number of quaternary nitrogens is 1. The van der Waals surface area contributed by atoms with Gasteiger partial charge in [-0.25, -0.2) is 0 Å². The number of hydrogen-bond acceptors (Lipinski definition) is 1. The van der Waals surface area contributed by atoms with Gasteiger partial charge in [0, 0.05) is 0 Å². The number of hydrogen-bond donors (Lipinski definition) is 0. The normalized spacial score (nSPS) is 22.1. The third-order valence-electron chi connectivity index (χ3n) is 2.88. The van der Waals surface area contributed by atoms with Crippen molar-refractivity contribution in [2.45, 2.75) is 13.8 Å². The van der Waals surface area contributed by atoms with E-state index in [1.807, 2.05) is 0 Å². The molecule has 1 fully saturated rings. The Labute approximate surface area is 87.5 Å². The van der Waals surface area contributed by atoms with Gasteiger partial charge in [-0.2, -0.15) is 0 Å². The van der Waals surface area contributed by atoms with E-state index in [2.05, 4.69) is 38.2 Å². The fourth-order valence-corrected chi connectivity index (χ4v) is 1.83. The molecule has 1 heterocycles. The largest absolute Gasteiger partial charge is 0.370 e. The first kappa shape index (κ1) is 11.5. The van der Waals surface area contributed by atoms with E-state index in [0.29, 0.717) is 0 Å². The summed E-state index contributed by atoms with van der Waals surface area (Å²) in [5.41, 5.74) is 0. The molecule has 0 bridgehead atoms. The first-order valence-electron chi connectivity index (χ1n) is 5.48. The molecule has 0 unspecified atom stereocenters. The molecule has 14 heavy (non-hydrogen) atoms. The van der Waals surface area contributed by atoms with Crippen molar-refractivity contribution >= 4 is 0 Å². The first-order valence-corrected chi connectivity index (χ1v) is 5.48. The summed E-state index contributed by atoms with van der Waals surface area (Å²) in [6.07, 6.45) is 8.83. The molecule has 1 aliphatic heterocycles. The van der Waals surface area contributed by atoms with Crippen molar-refractivity contribution in [3.8, 4) is 0 Å². The predicted octanol–water partition coefficient (Wildman–Crippen LogP) is 1.99. The fourth-order valence-electron chi connectivity index (χ4n) is 1.83. The van der Waals surface area contributed by atoms with E-state index in [-0.39, 0.29) is 0 Å². The minimum Gasteiger partial charge on any atom is -0.370 e. The number of morpholine rings is 1. The van der Waals surface area contributed by atoms with Gasteiger partial charge in [-0.3, -0.25) is 0 Å². The molecule has 2 nitrogen and oxygen atoms in total. The zero-order valence-corrected chi connectivity index (χ0v) is 9.41. The Hall–Kier alpha value is -0.600. The molecule has 0 spiro atoms. The molecule has 0 N–H and O–H groups in total. The standard InChI is InChI=1S/C12H22NO/c1-3-5-7-13(8-6-4-2)9-11-14-12-10-13/h3-6H,7-12H2,1-2H3/q+1. The van der Waals surface area contributed by atoms with Gasteiger partial charge < -0.3 is 9.22 Å². The van der Waals surface area contributed by atoms with E-state index >= 15 is 0 Å². The first-order chi connectivity index (χ1) is 6.83. The minimum atomic E-state index is 0.912. The minimum absolute atomic E-state index is 0.912. The van der Waals surface area contributed by atoms with Crippen LogP contribution < -0.4 is 0 Å². The van der Waals surface area contributed by atoms with E-state index in [4.69, 9.17) is 4.74 Å². The van der Waals surface area contributed by atoms with Crippen molar-refractivity contribution in [3.05, 3.63) is 24.3 Å². The Morgan fingerprint density at radius 2 is 1.50 bits per heavy atom. The molecule has 0 aromatic rings.